The van der Waals surface area contributed by atoms with Gasteiger partial charge in [0, 0.05) is 5.92 Å². The number of aliphatic hydroxyl groups is 1. The molecule has 1 fully saturated rings. The van der Waals surface area contributed by atoms with Crippen molar-refractivity contribution >= 4 is 35.1 Å². The van der Waals surface area contributed by atoms with E-state index < -0.39 is 41.7 Å². The minimum Gasteiger partial charge on any atom is -0.466 e. The van der Waals surface area contributed by atoms with Gasteiger partial charge in [0.05, 0.1) is 41.8 Å². The number of benzene rings is 1. The third-order valence-electron chi connectivity index (χ3n) is 6.22. The fourth-order valence-corrected chi connectivity index (χ4v) is 4.91. The van der Waals surface area contributed by atoms with E-state index in [1.54, 1.807) is 38.1 Å². The van der Waals surface area contributed by atoms with Crippen LogP contribution in [0.2, 0.25) is 5.02 Å². The normalized spacial score (nSPS) is 28.2. The molecule has 2 amide bonds. The van der Waals surface area contributed by atoms with Crippen LogP contribution in [0.3, 0.4) is 0 Å². The lowest BCUT2D eigenvalue weighted by atomic mass is 9.69. The van der Waals surface area contributed by atoms with Gasteiger partial charge in [-0.2, -0.15) is 0 Å². The van der Waals surface area contributed by atoms with E-state index in [2.05, 4.69) is 5.32 Å². The standard InChI is InChI=1S/C23H29ClN2O5/c1-4-14-10-11-15-19(18(14)23(30)31-5-2)22(29)26(13(3)12-27)20(15)21(28)25-17-9-7-6-8-16(17)24/h6-11,13-15,18-20,27H,4-5,12H2,1-3H3,(H,25,28)/t13-,14-,15+,18-,19-,20+/m1/s1. The maximum atomic E-state index is 13.5. The lowest BCUT2D eigenvalue weighted by Crippen LogP contribution is -2.49. The first-order valence-corrected chi connectivity index (χ1v) is 11.1. The number of halogens is 1. The van der Waals surface area contributed by atoms with Crippen LogP contribution in [0.1, 0.15) is 27.2 Å². The van der Waals surface area contributed by atoms with Gasteiger partial charge in [-0.05, 0) is 38.3 Å². The number of para-hydroxylation sites is 1. The van der Waals surface area contributed by atoms with Gasteiger partial charge in [0.2, 0.25) is 11.8 Å². The second kappa shape index (κ2) is 9.83. The minimum atomic E-state index is -0.873. The number of carbonyl (C=O) groups is 3. The highest BCUT2D eigenvalue weighted by Crippen LogP contribution is 2.46. The number of anilines is 1. The first-order chi connectivity index (χ1) is 14.8. The largest absolute Gasteiger partial charge is 0.466 e. The molecule has 0 saturated carbocycles. The van der Waals surface area contributed by atoms with Crippen LogP contribution in [0.25, 0.3) is 0 Å². The van der Waals surface area contributed by atoms with E-state index in [0.717, 1.165) is 0 Å². The number of esters is 1. The van der Waals surface area contributed by atoms with Crippen molar-refractivity contribution in [3.05, 3.63) is 41.4 Å². The molecule has 2 aliphatic rings. The first kappa shape index (κ1) is 23.3. The average Bonchev–Trinajstić information content (AvgIpc) is 3.06. The third-order valence-corrected chi connectivity index (χ3v) is 6.55. The van der Waals surface area contributed by atoms with Gasteiger partial charge in [-0.15, -0.1) is 0 Å². The van der Waals surface area contributed by atoms with Crippen LogP contribution in [0.5, 0.6) is 0 Å². The number of aliphatic hydroxyl groups excluding tert-OH is 1. The predicted octanol–water partition coefficient (Wildman–Crippen LogP) is 2.88. The number of rotatable bonds is 7. The molecule has 1 aromatic rings. The van der Waals surface area contributed by atoms with Crippen molar-refractivity contribution in [1.29, 1.82) is 0 Å². The molecule has 7 nitrogen and oxygen atoms in total. The number of nitrogens with zero attached hydrogens (tertiary/aromatic N) is 1. The molecule has 0 bridgehead atoms. The van der Waals surface area contributed by atoms with Crippen LogP contribution in [0, 0.1) is 23.7 Å². The van der Waals surface area contributed by atoms with Crippen LogP contribution in [-0.2, 0) is 19.1 Å². The van der Waals surface area contributed by atoms with Crippen LogP contribution in [0.4, 0.5) is 5.69 Å². The zero-order valence-electron chi connectivity index (χ0n) is 18.0. The lowest BCUT2D eigenvalue weighted by Gasteiger charge is -2.33. The quantitative estimate of drug-likeness (QED) is 0.494. The van der Waals surface area contributed by atoms with Gasteiger partial charge in [0.25, 0.3) is 0 Å². The fraction of sp³-hybridized carbons (Fsp3) is 0.522. The Balaban J connectivity index is 2.01. The molecule has 0 aromatic heterocycles. The Morgan fingerprint density at radius 2 is 1.97 bits per heavy atom. The maximum absolute atomic E-state index is 13.5. The molecule has 2 N–H and O–H groups in total. The molecular weight excluding hydrogens is 420 g/mol. The Morgan fingerprint density at radius 1 is 1.26 bits per heavy atom. The summed E-state index contributed by atoms with van der Waals surface area (Å²) in [5.41, 5.74) is 0.440. The summed E-state index contributed by atoms with van der Waals surface area (Å²) < 4.78 is 5.29. The summed E-state index contributed by atoms with van der Waals surface area (Å²) in [6.07, 6.45) is 4.45. The Hall–Kier alpha value is -2.38. The van der Waals surface area contributed by atoms with Crippen molar-refractivity contribution in [3.63, 3.8) is 0 Å². The summed E-state index contributed by atoms with van der Waals surface area (Å²) in [6, 6.07) is 5.39. The number of nitrogens with one attached hydrogen (secondary N) is 1. The molecule has 168 valence electrons. The number of ether oxygens (including phenoxy) is 1. The summed E-state index contributed by atoms with van der Waals surface area (Å²) in [6.45, 7) is 5.29. The molecule has 1 aromatic carbocycles. The number of likely N-dealkylation sites (tertiary alicyclic amines) is 1. The van der Waals surface area contributed by atoms with Gasteiger partial charge in [-0.1, -0.05) is 42.8 Å². The number of hydrogen-bond donors (Lipinski definition) is 2. The molecule has 0 spiro atoms. The van der Waals surface area contributed by atoms with E-state index in [1.165, 1.54) is 4.90 Å². The Bertz CT molecular complexity index is 873. The van der Waals surface area contributed by atoms with Crippen LogP contribution in [0.15, 0.2) is 36.4 Å². The number of fused-ring (bicyclic) bond motifs is 1. The average molecular weight is 449 g/mol. The van der Waals surface area contributed by atoms with Crippen LogP contribution >= 0.6 is 11.6 Å². The molecule has 1 saturated heterocycles. The van der Waals surface area contributed by atoms with E-state index >= 15 is 0 Å². The van der Waals surface area contributed by atoms with Gasteiger partial charge in [-0.3, -0.25) is 14.4 Å². The van der Waals surface area contributed by atoms with Crippen LogP contribution < -0.4 is 5.32 Å². The van der Waals surface area contributed by atoms with E-state index in [-0.39, 0.29) is 25.0 Å². The van der Waals surface area contributed by atoms with Crippen molar-refractivity contribution in [2.75, 3.05) is 18.5 Å². The van der Waals surface area contributed by atoms with Gasteiger partial charge in [0.15, 0.2) is 0 Å². The van der Waals surface area contributed by atoms with E-state index in [1.807, 2.05) is 19.1 Å². The second-order valence-corrected chi connectivity index (χ2v) is 8.44. The molecule has 1 aliphatic heterocycles. The Kier molecular flexibility index (Phi) is 7.38. The molecule has 3 rings (SSSR count). The zero-order chi connectivity index (χ0) is 22.7. The fourth-order valence-electron chi connectivity index (χ4n) is 4.73. The molecular formula is C23H29ClN2O5. The highest BCUT2D eigenvalue weighted by atomic mass is 35.5. The SMILES string of the molecule is CCOC(=O)[C@H]1[C@@H]2C(=O)N([C@H](C)CO)[C@H](C(=O)Nc3ccccc3Cl)[C@H]2C=C[C@H]1CC. The molecule has 1 heterocycles. The molecule has 1 aliphatic carbocycles. The van der Waals surface area contributed by atoms with Gasteiger partial charge in [0.1, 0.15) is 6.04 Å². The Labute approximate surface area is 187 Å². The van der Waals surface area contributed by atoms with Crippen molar-refractivity contribution in [3.8, 4) is 0 Å². The monoisotopic (exact) mass is 448 g/mol. The predicted molar refractivity (Wildman–Crippen MR) is 117 cm³/mol. The summed E-state index contributed by atoms with van der Waals surface area (Å²) >= 11 is 6.19. The molecule has 6 atom stereocenters. The van der Waals surface area contributed by atoms with Gasteiger partial charge in [-0.25, -0.2) is 0 Å². The van der Waals surface area contributed by atoms with Crippen molar-refractivity contribution in [2.24, 2.45) is 23.7 Å². The smallest absolute Gasteiger partial charge is 0.310 e. The molecule has 31 heavy (non-hydrogen) atoms. The van der Waals surface area contributed by atoms with Gasteiger partial charge >= 0.3 is 5.97 Å². The number of hydrogen-bond acceptors (Lipinski definition) is 5. The number of allylic oxidation sites excluding steroid dienone is 1. The first-order valence-electron chi connectivity index (χ1n) is 10.7. The molecule has 8 heteroatoms. The third kappa shape index (κ3) is 4.34. The number of carbonyl (C=O) groups excluding carboxylic acids is 3. The van der Waals surface area contributed by atoms with Gasteiger partial charge < -0.3 is 20.1 Å². The maximum Gasteiger partial charge on any atom is 0.310 e. The topological polar surface area (TPSA) is 95.9 Å². The van der Waals surface area contributed by atoms with E-state index in [9.17, 15) is 19.5 Å². The molecule has 0 radical (unpaired) electrons. The highest BCUT2D eigenvalue weighted by molar-refractivity contribution is 6.33. The summed E-state index contributed by atoms with van der Waals surface area (Å²) in [5, 5.41) is 13.0. The van der Waals surface area contributed by atoms with Crippen molar-refractivity contribution < 1.29 is 24.2 Å². The van der Waals surface area contributed by atoms with E-state index in [4.69, 9.17) is 16.3 Å². The Morgan fingerprint density at radius 3 is 2.58 bits per heavy atom. The summed E-state index contributed by atoms with van der Waals surface area (Å²) in [5.74, 6) is -3.19. The summed E-state index contributed by atoms with van der Waals surface area (Å²) in [4.78, 5) is 41.1. The lowest BCUT2D eigenvalue weighted by molar-refractivity contribution is -0.156. The molecule has 0 unspecified atom stereocenters. The van der Waals surface area contributed by atoms with E-state index in [0.29, 0.717) is 17.1 Å². The highest BCUT2D eigenvalue weighted by Gasteiger charge is 2.58. The minimum absolute atomic E-state index is 0.152. The second-order valence-electron chi connectivity index (χ2n) is 8.03. The van der Waals surface area contributed by atoms with Crippen molar-refractivity contribution in [2.45, 2.75) is 39.3 Å². The zero-order valence-corrected chi connectivity index (χ0v) is 18.7. The number of amides is 2. The summed E-state index contributed by atoms with van der Waals surface area (Å²) in [7, 11) is 0. The van der Waals surface area contributed by atoms with Crippen LogP contribution in [-0.4, -0.2) is 53.1 Å². The van der Waals surface area contributed by atoms with Crippen molar-refractivity contribution in [1.82, 2.24) is 4.90 Å².